The monoisotopic (exact) mass is 303 g/mol. The highest BCUT2D eigenvalue weighted by Gasteiger charge is 2.11. The summed E-state index contributed by atoms with van der Waals surface area (Å²) in [6.07, 6.45) is 0. The number of hydrogen-bond donors (Lipinski definition) is 2. The molecule has 0 atom stereocenters. The standard InChI is InChI=1S/C12H9Cl2F2N3/c1-17-11-7(13)5-8(14)12(19-11)18-10-4-6(15)2-3-9(10)16/h2-5H,1H3,(H2,17,18,19). The molecule has 0 radical (unpaired) electrons. The van der Waals surface area contributed by atoms with Crippen LogP contribution in [0, 0.1) is 11.6 Å². The van der Waals surface area contributed by atoms with Crippen LogP contribution >= 0.6 is 23.2 Å². The Morgan fingerprint density at radius 3 is 2.42 bits per heavy atom. The Balaban J connectivity index is 2.40. The van der Waals surface area contributed by atoms with Crippen molar-refractivity contribution in [3.05, 3.63) is 45.9 Å². The fourth-order valence-corrected chi connectivity index (χ4v) is 1.95. The van der Waals surface area contributed by atoms with Crippen molar-refractivity contribution in [2.24, 2.45) is 0 Å². The number of anilines is 3. The molecule has 2 N–H and O–H groups in total. The van der Waals surface area contributed by atoms with Crippen LogP contribution in [-0.4, -0.2) is 12.0 Å². The minimum absolute atomic E-state index is 0.0567. The first-order valence-electron chi connectivity index (χ1n) is 5.27. The summed E-state index contributed by atoms with van der Waals surface area (Å²) in [5.41, 5.74) is -0.0567. The molecule has 0 saturated carbocycles. The molecule has 19 heavy (non-hydrogen) atoms. The lowest BCUT2D eigenvalue weighted by Crippen LogP contribution is -2.01. The molecular formula is C12H9Cl2F2N3. The molecule has 0 aliphatic rings. The number of benzene rings is 1. The summed E-state index contributed by atoms with van der Waals surface area (Å²) in [4.78, 5) is 4.08. The van der Waals surface area contributed by atoms with Crippen molar-refractivity contribution in [3.63, 3.8) is 0 Å². The maximum Gasteiger partial charge on any atom is 0.151 e. The first-order valence-corrected chi connectivity index (χ1v) is 6.02. The van der Waals surface area contributed by atoms with Gasteiger partial charge in [-0.15, -0.1) is 0 Å². The third kappa shape index (κ3) is 3.05. The Kier molecular flexibility index (Phi) is 4.07. The molecule has 1 heterocycles. The fraction of sp³-hybridized carbons (Fsp3) is 0.0833. The van der Waals surface area contributed by atoms with E-state index >= 15 is 0 Å². The van der Waals surface area contributed by atoms with E-state index in [4.69, 9.17) is 23.2 Å². The van der Waals surface area contributed by atoms with Crippen LogP contribution in [-0.2, 0) is 0 Å². The molecule has 7 heteroatoms. The first kappa shape index (κ1) is 13.8. The van der Waals surface area contributed by atoms with Crippen LogP contribution in [0.2, 0.25) is 10.0 Å². The van der Waals surface area contributed by atoms with Crippen molar-refractivity contribution in [1.29, 1.82) is 0 Å². The second-order valence-electron chi connectivity index (χ2n) is 3.65. The van der Waals surface area contributed by atoms with E-state index in [0.717, 1.165) is 18.2 Å². The normalized spacial score (nSPS) is 10.4. The van der Waals surface area contributed by atoms with Gasteiger partial charge in [-0.2, -0.15) is 0 Å². The number of hydrogen-bond acceptors (Lipinski definition) is 3. The summed E-state index contributed by atoms with van der Waals surface area (Å²) in [6, 6.07) is 4.51. The van der Waals surface area contributed by atoms with Gasteiger partial charge in [0.1, 0.15) is 17.5 Å². The minimum Gasteiger partial charge on any atom is -0.372 e. The van der Waals surface area contributed by atoms with Crippen LogP contribution in [0.15, 0.2) is 24.3 Å². The number of nitrogens with one attached hydrogen (secondary N) is 2. The second-order valence-corrected chi connectivity index (χ2v) is 4.46. The maximum absolute atomic E-state index is 13.5. The Bertz CT molecular complexity index is 620. The van der Waals surface area contributed by atoms with Gasteiger partial charge in [-0.05, 0) is 18.2 Å². The van der Waals surface area contributed by atoms with E-state index in [2.05, 4.69) is 15.6 Å². The van der Waals surface area contributed by atoms with Gasteiger partial charge in [-0.3, -0.25) is 0 Å². The van der Waals surface area contributed by atoms with E-state index in [1.165, 1.54) is 6.07 Å². The summed E-state index contributed by atoms with van der Waals surface area (Å²) in [7, 11) is 1.63. The molecule has 2 rings (SSSR count). The largest absolute Gasteiger partial charge is 0.372 e. The summed E-state index contributed by atoms with van der Waals surface area (Å²) in [5, 5.41) is 5.92. The van der Waals surface area contributed by atoms with E-state index in [-0.39, 0.29) is 16.5 Å². The number of aromatic nitrogens is 1. The second kappa shape index (κ2) is 5.59. The highest BCUT2D eigenvalue weighted by Crippen LogP contribution is 2.31. The molecular weight excluding hydrogens is 295 g/mol. The third-order valence-electron chi connectivity index (χ3n) is 2.35. The van der Waals surface area contributed by atoms with Gasteiger partial charge in [-0.25, -0.2) is 13.8 Å². The average Bonchev–Trinajstić information content (AvgIpc) is 2.37. The van der Waals surface area contributed by atoms with Crippen LogP contribution in [0.3, 0.4) is 0 Å². The molecule has 0 fully saturated rings. The maximum atomic E-state index is 13.5. The predicted molar refractivity (Wildman–Crippen MR) is 73.4 cm³/mol. The number of pyridine rings is 1. The number of nitrogens with zero attached hydrogens (tertiary/aromatic N) is 1. The smallest absolute Gasteiger partial charge is 0.151 e. The lowest BCUT2D eigenvalue weighted by molar-refractivity contribution is 0.603. The van der Waals surface area contributed by atoms with Gasteiger partial charge in [0, 0.05) is 13.1 Å². The van der Waals surface area contributed by atoms with Gasteiger partial charge in [0.2, 0.25) is 0 Å². The quantitative estimate of drug-likeness (QED) is 0.879. The molecule has 2 aromatic rings. The van der Waals surface area contributed by atoms with E-state index in [1.807, 2.05) is 0 Å². The van der Waals surface area contributed by atoms with Crippen molar-refractivity contribution in [3.8, 4) is 0 Å². The zero-order valence-corrected chi connectivity index (χ0v) is 11.3. The van der Waals surface area contributed by atoms with Gasteiger partial charge in [-0.1, -0.05) is 23.2 Å². The highest BCUT2D eigenvalue weighted by atomic mass is 35.5. The molecule has 0 aliphatic heterocycles. The topological polar surface area (TPSA) is 37.0 Å². The van der Waals surface area contributed by atoms with E-state index in [9.17, 15) is 8.78 Å². The Hall–Kier alpha value is -1.59. The molecule has 100 valence electrons. The Morgan fingerprint density at radius 1 is 1.05 bits per heavy atom. The third-order valence-corrected chi connectivity index (χ3v) is 2.92. The summed E-state index contributed by atoms with van der Waals surface area (Å²) in [5.74, 6) is -0.617. The lowest BCUT2D eigenvalue weighted by atomic mass is 10.3. The van der Waals surface area contributed by atoms with Crippen molar-refractivity contribution in [1.82, 2.24) is 4.98 Å². The SMILES string of the molecule is CNc1nc(Nc2cc(F)ccc2F)c(Cl)cc1Cl. The Morgan fingerprint density at radius 2 is 1.74 bits per heavy atom. The molecule has 1 aromatic carbocycles. The lowest BCUT2D eigenvalue weighted by Gasteiger charge is -2.11. The Labute approximate surface area is 118 Å². The molecule has 1 aromatic heterocycles. The number of rotatable bonds is 3. The number of halogens is 4. The molecule has 0 bridgehead atoms. The molecule has 0 amide bonds. The molecule has 3 nitrogen and oxygen atoms in total. The minimum atomic E-state index is -0.611. The van der Waals surface area contributed by atoms with Crippen LogP contribution in [0.25, 0.3) is 0 Å². The molecule has 0 saturated heterocycles. The van der Waals surface area contributed by atoms with Crippen LogP contribution in [0.1, 0.15) is 0 Å². The van der Waals surface area contributed by atoms with Crippen molar-refractivity contribution in [2.75, 3.05) is 17.7 Å². The van der Waals surface area contributed by atoms with E-state index in [0.29, 0.717) is 10.8 Å². The van der Waals surface area contributed by atoms with Gasteiger partial charge >= 0.3 is 0 Å². The molecule has 0 unspecified atom stereocenters. The predicted octanol–water partition coefficient (Wildman–Crippen LogP) is 4.45. The van der Waals surface area contributed by atoms with Gasteiger partial charge < -0.3 is 10.6 Å². The fourth-order valence-electron chi connectivity index (χ4n) is 1.45. The average molecular weight is 304 g/mol. The summed E-state index contributed by atoms with van der Waals surface area (Å²) < 4.78 is 26.6. The zero-order valence-electron chi connectivity index (χ0n) is 9.77. The van der Waals surface area contributed by atoms with E-state index in [1.54, 1.807) is 7.05 Å². The van der Waals surface area contributed by atoms with Crippen molar-refractivity contribution >= 4 is 40.5 Å². The van der Waals surface area contributed by atoms with Gasteiger partial charge in [0.15, 0.2) is 5.82 Å². The van der Waals surface area contributed by atoms with Gasteiger partial charge in [0.05, 0.1) is 15.7 Å². The van der Waals surface area contributed by atoms with E-state index < -0.39 is 11.6 Å². The first-order chi connectivity index (χ1) is 9.01. The molecule has 0 aliphatic carbocycles. The molecule has 0 spiro atoms. The van der Waals surface area contributed by atoms with Gasteiger partial charge in [0.25, 0.3) is 0 Å². The highest BCUT2D eigenvalue weighted by molar-refractivity contribution is 6.37. The summed E-state index contributed by atoms with van der Waals surface area (Å²) >= 11 is 11.8. The van der Waals surface area contributed by atoms with Crippen LogP contribution < -0.4 is 10.6 Å². The van der Waals surface area contributed by atoms with Crippen LogP contribution in [0.5, 0.6) is 0 Å². The summed E-state index contributed by atoms with van der Waals surface area (Å²) in [6.45, 7) is 0. The van der Waals surface area contributed by atoms with Crippen LogP contribution in [0.4, 0.5) is 26.1 Å². The zero-order chi connectivity index (χ0) is 14.0. The van der Waals surface area contributed by atoms with Crippen molar-refractivity contribution in [2.45, 2.75) is 0 Å². The van der Waals surface area contributed by atoms with Crippen molar-refractivity contribution < 1.29 is 8.78 Å².